The summed E-state index contributed by atoms with van der Waals surface area (Å²) in [5, 5.41) is 2.78. The summed E-state index contributed by atoms with van der Waals surface area (Å²) < 4.78 is 0. The van der Waals surface area contributed by atoms with Crippen molar-refractivity contribution in [1.29, 1.82) is 0 Å². The molecule has 0 nitrogen and oxygen atoms in total. The molecule has 0 amide bonds. The molecular formula is C40H48. The fraction of sp³-hybridized carbons (Fsp3) is 0.300. The van der Waals surface area contributed by atoms with E-state index in [4.69, 9.17) is 0 Å². The number of hydrogen-bond acceptors (Lipinski definition) is 0. The van der Waals surface area contributed by atoms with Crippen molar-refractivity contribution < 1.29 is 0 Å². The van der Waals surface area contributed by atoms with Gasteiger partial charge < -0.3 is 0 Å². The van der Waals surface area contributed by atoms with E-state index in [1.807, 2.05) is 6.07 Å². The van der Waals surface area contributed by atoms with Gasteiger partial charge in [0.05, 0.1) is 0 Å². The lowest BCUT2D eigenvalue weighted by Crippen LogP contribution is -1.90. The van der Waals surface area contributed by atoms with Crippen molar-refractivity contribution in [3.05, 3.63) is 155 Å². The summed E-state index contributed by atoms with van der Waals surface area (Å²) in [5.74, 6) is 1.87. The Morgan fingerprint density at radius 1 is 0.450 bits per heavy atom. The first-order chi connectivity index (χ1) is 19.3. The predicted octanol–water partition coefficient (Wildman–Crippen LogP) is 11.7. The summed E-state index contributed by atoms with van der Waals surface area (Å²) in [6, 6.07) is 43.5. The van der Waals surface area contributed by atoms with Crippen LogP contribution in [0.25, 0.3) is 10.8 Å². The van der Waals surface area contributed by atoms with Gasteiger partial charge in [-0.3, -0.25) is 0 Å². The van der Waals surface area contributed by atoms with E-state index >= 15 is 0 Å². The predicted molar refractivity (Wildman–Crippen MR) is 178 cm³/mol. The van der Waals surface area contributed by atoms with E-state index in [0.717, 1.165) is 12.8 Å². The zero-order chi connectivity index (χ0) is 28.9. The van der Waals surface area contributed by atoms with Crippen molar-refractivity contribution in [2.75, 3.05) is 0 Å². The first-order valence-corrected chi connectivity index (χ1v) is 15.0. The van der Waals surface area contributed by atoms with Gasteiger partial charge in [0.1, 0.15) is 0 Å². The average Bonchev–Trinajstić information content (AvgIpc) is 2.98. The fourth-order valence-electron chi connectivity index (χ4n) is 4.77. The zero-order valence-corrected chi connectivity index (χ0v) is 25.7. The van der Waals surface area contributed by atoms with Crippen molar-refractivity contribution in [2.24, 2.45) is 0 Å². The lowest BCUT2D eigenvalue weighted by atomic mass is 9.95. The maximum Gasteiger partial charge on any atom is -0.00258 e. The Bertz CT molecular complexity index is 1390. The zero-order valence-electron chi connectivity index (χ0n) is 25.7. The number of hydrogen-bond donors (Lipinski definition) is 0. The molecular weight excluding hydrogens is 480 g/mol. The Kier molecular flexibility index (Phi) is 12.2. The van der Waals surface area contributed by atoms with E-state index in [2.05, 4.69) is 164 Å². The summed E-state index contributed by atoms with van der Waals surface area (Å²) in [5.41, 5.74) is 8.46. The van der Waals surface area contributed by atoms with Crippen molar-refractivity contribution in [1.82, 2.24) is 0 Å². The maximum absolute atomic E-state index is 2.31. The Hall–Kier alpha value is -3.64. The molecule has 5 aromatic rings. The maximum atomic E-state index is 2.31. The van der Waals surface area contributed by atoms with Gasteiger partial charge in [0, 0.05) is 0 Å². The van der Waals surface area contributed by atoms with Gasteiger partial charge in [-0.15, -0.1) is 0 Å². The highest BCUT2D eigenvalue weighted by Crippen LogP contribution is 2.26. The van der Waals surface area contributed by atoms with Crippen molar-refractivity contribution >= 4 is 10.8 Å². The van der Waals surface area contributed by atoms with Crippen molar-refractivity contribution in [2.45, 2.75) is 79.1 Å². The molecule has 0 radical (unpaired) electrons. The van der Waals surface area contributed by atoms with E-state index in [-0.39, 0.29) is 0 Å². The first kappa shape index (κ1) is 30.9. The normalized spacial score (nSPS) is 10.8. The second kappa shape index (κ2) is 15.8. The molecule has 0 N–H and O–H groups in total. The van der Waals surface area contributed by atoms with E-state index in [1.54, 1.807) is 0 Å². The Balaban J connectivity index is 0.000000172. The second-order valence-electron chi connectivity index (χ2n) is 11.5. The van der Waals surface area contributed by atoms with Crippen LogP contribution in [0.3, 0.4) is 0 Å². The number of rotatable bonds is 6. The minimum absolute atomic E-state index is 0.598. The van der Waals surface area contributed by atoms with E-state index in [9.17, 15) is 0 Å². The third-order valence-electron chi connectivity index (χ3n) is 7.37. The molecule has 0 aliphatic rings. The van der Waals surface area contributed by atoms with E-state index in [0.29, 0.717) is 17.8 Å². The molecule has 40 heavy (non-hydrogen) atoms. The van der Waals surface area contributed by atoms with E-state index in [1.165, 1.54) is 44.2 Å². The average molecular weight is 529 g/mol. The number of aryl methyl sites for hydroxylation is 1. The molecule has 0 aliphatic heterocycles. The molecule has 0 atom stereocenters. The van der Waals surface area contributed by atoms with Crippen molar-refractivity contribution in [3.8, 4) is 0 Å². The molecule has 0 fully saturated rings. The van der Waals surface area contributed by atoms with Gasteiger partial charge in [0.15, 0.2) is 0 Å². The number of benzene rings is 5. The summed E-state index contributed by atoms with van der Waals surface area (Å²) in [4.78, 5) is 0. The minimum atomic E-state index is 0.598. The number of fused-ring (bicyclic) bond motifs is 1. The molecule has 0 saturated carbocycles. The lowest BCUT2D eigenvalue weighted by Gasteiger charge is -2.10. The van der Waals surface area contributed by atoms with Gasteiger partial charge in [-0.2, -0.15) is 0 Å². The SMILES string of the molecule is CC(C)c1ccc(Cc2ccccc2)cc1.CC(C)c1ccccc1.CCc1ccc2c(C(C)C)cccc2c1. The third-order valence-corrected chi connectivity index (χ3v) is 7.37. The van der Waals surface area contributed by atoms with Gasteiger partial charge in [-0.1, -0.05) is 170 Å². The quantitative estimate of drug-likeness (QED) is 0.205. The van der Waals surface area contributed by atoms with E-state index < -0.39 is 0 Å². The van der Waals surface area contributed by atoms with Crippen LogP contribution in [0.4, 0.5) is 0 Å². The topological polar surface area (TPSA) is 0 Å². The molecule has 5 aromatic carbocycles. The van der Waals surface area contributed by atoms with Crippen LogP contribution in [0, 0.1) is 0 Å². The van der Waals surface area contributed by atoms with Gasteiger partial charge in [-0.25, -0.2) is 0 Å². The minimum Gasteiger partial charge on any atom is -0.0622 e. The monoisotopic (exact) mass is 528 g/mol. The van der Waals surface area contributed by atoms with Crippen LogP contribution in [0.2, 0.25) is 0 Å². The summed E-state index contributed by atoms with van der Waals surface area (Å²) >= 11 is 0. The highest BCUT2D eigenvalue weighted by molar-refractivity contribution is 5.86. The van der Waals surface area contributed by atoms with Crippen molar-refractivity contribution in [3.63, 3.8) is 0 Å². The standard InChI is InChI=1S/C16H18.C15H18.C9H12/c1-13(2)16-10-8-15(9-11-16)12-14-6-4-3-5-7-14;1-4-12-8-9-15-13(10-12)6-5-7-14(15)11(2)3;1-8(2)9-6-4-3-5-7-9/h3-11,13H,12H2,1-2H3;5-11H,4H2,1-3H3;3-8H,1-2H3. The van der Waals surface area contributed by atoms with Gasteiger partial charge in [-0.05, 0) is 74.7 Å². The van der Waals surface area contributed by atoms with Crippen LogP contribution in [0.1, 0.15) is 99.6 Å². The van der Waals surface area contributed by atoms with Crippen LogP contribution in [-0.4, -0.2) is 0 Å². The van der Waals surface area contributed by atoms with Gasteiger partial charge in [0.2, 0.25) is 0 Å². The summed E-state index contributed by atoms with van der Waals surface area (Å²) in [6.07, 6.45) is 2.14. The fourth-order valence-corrected chi connectivity index (χ4v) is 4.77. The molecule has 0 unspecified atom stereocenters. The molecule has 0 aliphatic carbocycles. The lowest BCUT2D eigenvalue weighted by molar-refractivity contribution is 0.865. The van der Waals surface area contributed by atoms with Crippen LogP contribution in [-0.2, 0) is 12.8 Å². The Labute approximate surface area is 244 Å². The molecule has 5 rings (SSSR count). The van der Waals surface area contributed by atoms with Crippen LogP contribution in [0.15, 0.2) is 121 Å². The van der Waals surface area contributed by atoms with Crippen LogP contribution < -0.4 is 0 Å². The Morgan fingerprint density at radius 3 is 1.50 bits per heavy atom. The Morgan fingerprint density at radius 2 is 0.975 bits per heavy atom. The molecule has 0 heterocycles. The van der Waals surface area contributed by atoms with Crippen LogP contribution in [0.5, 0.6) is 0 Å². The molecule has 0 aromatic heterocycles. The highest BCUT2D eigenvalue weighted by atomic mass is 14.1. The highest BCUT2D eigenvalue weighted by Gasteiger charge is 2.04. The first-order valence-electron chi connectivity index (χ1n) is 15.0. The third kappa shape index (κ3) is 9.53. The summed E-state index contributed by atoms with van der Waals surface area (Å²) in [6.45, 7) is 15.6. The summed E-state index contributed by atoms with van der Waals surface area (Å²) in [7, 11) is 0. The molecule has 0 spiro atoms. The smallest absolute Gasteiger partial charge is 0.00258 e. The van der Waals surface area contributed by atoms with Gasteiger partial charge in [0.25, 0.3) is 0 Å². The molecule has 208 valence electrons. The molecule has 0 saturated heterocycles. The van der Waals surface area contributed by atoms with Gasteiger partial charge >= 0.3 is 0 Å². The second-order valence-corrected chi connectivity index (χ2v) is 11.5. The molecule has 0 heteroatoms. The van der Waals surface area contributed by atoms with Crippen LogP contribution >= 0.6 is 0 Å². The molecule has 0 bridgehead atoms. The largest absolute Gasteiger partial charge is 0.0622 e.